The fraction of sp³-hybridized carbons (Fsp3) is 0.111. The lowest BCUT2D eigenvalue weighted by Gasteiger charge is -1.98. The average Bonchev–Trinajstić information content (AvgIpc) is 2.50. The number of hydrogen-bond acceptors (Lipinski definition) is 2. The van der Waals surface area contributed by atoms with E-state index in [-0.39, 0.29) is 0 Å². The van der Waals surface area contributed by atoms with Crippen molar-refractivity contribution in [1.29, 1.82) is 5.26 Å². The Labute approximate surface area is 80.2 Å². The quantitative estimate of drug-likeness (QED) is 0.641. The smallest absolute Gasteiger partial charge is 0.142 e. The summed E-state index contributed by atoms with van der Waals surface area (Å²) in [4.78, 5) is 0. The molecule has 0 aliphatic rings. The third kappa shape index (κ3) is 1.07. The molecule has 0 atom stereocenters. The number of aromatic nitrogens is 2. The summed E-state index contributed by atoms with van der Waals surface area (Å²) in [7, 11) is 0. The van der Waals surface area contributed by atoms with Crippen molar-refractivity contribution in [2.24, 2.45) is 0 Å². The van der Waals surface area contributed by atoms with Gasteiger partial charge in [-0.2, -0.15) is 10.4 Å². The first-order valence-corrected chi connectivity index (χ1v) is 4.15. The second-order valence-electron chi connectivity index (χ2n) is 2.77. The Morgan fingerprint density at radius 2 is 2.31 bits per heavy atom. The molecule has 4 heteroatoms. The molecule has 3 nitrogen and oxygen atoms in total. The van der Waals surface area contributed by atoms with Crippen LogP contribution in [0.15, 0.2) is 18.3 Å². The lowest BCUT2D eigenvalue weighted by Crippen LogP contribution is -1.93. The molecule has 2 aromatic heterocycles. The van der Waals surface area contributed by atoms with Gasteiger partial charge in [0.05, 0.1) is 16.7 Å². The van der Waals surface area contributed by atoms with Gasteiger partial charge in [-0.15, -0.1) is 0 Å². The van der Waals surface area contributed by atoms with E-state index in [4.69, 9.17) is 16.9 Å². The van der Waals surface area contributed by atoms with E-state index in [1.165, 1.54) is 0 Å². The summed E-state index contributed by atoms with van der Waals surface area (Å²) in [5.41, 5.74) is 2.27. The number of hydrogen-bond donors (Lipinski definition) is 0. The predicted octanol–water partition coefficient (Wildman–Crippen LogP) is 2.17. The van der Waals surface area contributed by atoms with Crippen molar-refractivity contribution in [2.45, 2.75) is 6.92 Å². The molecule has 0 N–H and O–H groups in total. The number of rotatable bonds is 0. The monoisotopic (exact) mass is 191 g/mol. The third-order valence-electron chi connectivity index (χ3n) is 1.91. The fourth-order valence-electron chi connectivity index (χ4n) is 1.29. The second-order valence-corrected chi connectivity index (χ2v) is 3.17. The molecule has 2 rings (SSSR count). The van der Waals surface area contributed by atoms with Crippen LogP contribution in [0.3, 0.4) is 0 Å². The maximum atomic E-state index is 8.78. The minimum absolute atomic E-state index is 0.493. The van der Waals surface area contributed by atoms with Crippen LogP contribution in [0.5, 0.6) is 0 Å². The molecule has 64 valence electrons. The normalized spacial score (nSPS) is 10.2. The van der Waals surface area contributed by atoms with Crippen molar-refractivity contribution in [3.05, 3.63) is 34.6 Å². The van der Waals surface area contributed by atoms with Crippen molar-refractivity contribution >= 4 is 17.1 Å². The van der Waals surface area contributed by atoms with Gasteiger partial charge in [-0.3, -0.25) is 0 Å². The number of fused-ring (bicyclic) bond motifs is 1. The Bertz CT molecular complexity index is 507. The maximum Gasteiger partial charge on any atom is 0.142 e. The number of pyridine rings is 1. The highest BCUT2D eigenvalue weighted by Gasteiger charge is 2.07. The highest BCUT2D eigenvalue weighted by molar-refractivity contribution is 6.34. The van der Waals surface area contributed by atoms with Gasteiger partial charge < -0.3 is 0 Å². The lowest BCUT2D eigenvalue weighted by molar-refractivity contribution is 0.941. The maximum absolute atomic E-state index is 8.78. The van der Waals surface area contributed by atoms with Crippen LogP contribution < -0.4 is 0 Å². The number of nitriles is 1. The predicted molar refractivity (Wildman–Crippen MR) is 49.7 cm³/mol. The Kier molecular flexibility index (Phi) is 1.71. The Morgan fingerprint density at radius 3 is 3.00 bits per heavy atom. The van der Waals surface area contributed by atoms with Crippen LogP contribution >= 0.6 is 11.6 Å². The zero-order valence-electron chi connectivity index (χ0n) is 6.95. The first-order valence-electron chi connectivity index (χ1n) is 3.77. The van der Waals surface area contributed by atoms with Crippen molar-refractivity contribution in [3.8, 4) is 6.07 Å². The van der Waals surface area contributed by atoms with Gasteiger partial charge >= 0.3 is 0 Å². The second kappa shape index (κ2) is 2.75. The van der Waals surface area contributed by atoms with Crippen LogP contribution in [-0.2, 0) is 0 Å². The Balaban J connectivity index is 2.97. The van der Waals surface area contributed by atoms with E-state index in [1.54, 1.807) is 22.8 Å². The van der Waals surface area contributed by atoms with Crippen LogP contribution in [0.2, 0.25) is 5.02 Å². The van der Waals surface area contributed by atoms with E-state index in [0.717, 1.165) is 11.1 Å². The fourth-order valence-corrected chi connectivity index (χ4v) is 1.58. The molecule has 0 aliphatic carbocycles. The number of nitrogens with zero attached hydrogens (tertiary/aromatic N) is 3. The van der Waals surface area contributed by atoms with E-state index in [9.17, 15) is 0 Å². The third-order valence-corrected chi connectivity index (χ3v) is 2.21. The van der Waals surface area contributed by atoms with E-state index < -0.39 is 0 Å². The minimum atomic E-state index is 0.493. The van der Waals surface area contributed by atoms with Gasteiger partial charge in [0.1, 0.15) is 11.8 Å². The van der Waals surface area contributed by atoms with E-state index in [2.05, 4.69) is 11.2 Å². The molecular weight excluding hydrogens is 186 g/mol. The van der Waals surface area contributed by atoms with Gasteiger partial charge in [0.25, 0.3) is 0 Å². The summed E-state index contributed by atoms with van der Waals surface area (Å²) < 4.78 is 1.55. The topological polar surface area (TPSA) is 41.1 Å². The number of aryl methyl sites for hydroxylation is 1. The van der Waals surface area contributed by atoms with Gasteiger partial charge in [-0.1, -0.05) is 11.6 Å². The summed E-state index contributed by atoms with van der Waals surface area (Å²) in [5.74, 6) is 0. The highest BCUT2D eigenvalue weighted by atomic mass is 35.5. The summed E-state index contributed by atoms with van der Waals surface area (Å²) in [6.45, 7) is 1.91. The summed E-state index contributed by atoms with van der Waals surface area (Å²) >= 11 is 5.96. The van der Waals surface area contributed by atoms with Gasteiger partial charge in [-0.25, -0.2) is 4.52 Å². The van der Waals surface area contributed by atoms with Gasteiger partial charge in [-0.05, 0) is 24.6 Å². The van der Waals surface area contributed by atoms with E-state index in [0.29, 0.717) is 10.7 Å². The zero-order chi connectivity index (χ0) is 9.42. The molecule has 0 saturated carbocycles. The standard InChI is InChI=1S/C9H6ClN3/c1-6-5-12-13-7(4-11)2-3-8(10)9(6)13/h2-3,5H,1H3. The van der Waals surface area contributed by atoms with Crippen molar-refractivity contribution in [2.75, 3.05) is 0 Å². The highest BCUT2D eigenvalue weighted by Crippen LogP contribution is 2.21. The van der Waals surface area contributed by atoms with Crippen molar-refractivity contribution in [1.82, 2.24) is 9.61 Å². The molecule has 0 bridgehead atoms. The van der Waals surface area contributed by atoms with Crippen LogP contribution in [0, 0.1) is 18.3 Å². The van der Waals surface area contributed by atoms with Crippen LogP contribution in [0.1, 0.15) is 11.3 Å². The zero-order valence-corrected chi connectivity index (χ0v) is 7.71. The summed E-state index contributed by atoms with van der Waals surface area (Å²) in [5, 5.41) is 13.5. The molecule has 13 heavy (non-hydrogen) atoms. The molecule has 0 saturated heterocycles. The van der Waals surface area contributed by atoms with Crippen LogP contribution in [0.4, 0.5) is 0 Å². The van der Waals surface area contributed by atoms with Gasteiger partial charge in [0.15, 0.2) is 0 Å². The molecule has 2 aromatic rings. The minimum Gasteiger partial charge on any atom is -0.221 e. The van der Waals surface area contributed by atoms with Crippen molar-refractivity contribution < 1.29 is 0 Å². The SMILES string of the molecule is Cc1cnn2c(C#N)ccc(Cl)c12. The Hall–Kier alpha value is -1.53. The van der Waals surface area contributed by atoms with Crippen LogP contribution in [-0.4, -0.2) is 9.61 Å². The lowest BCUT2D eigenvalue weighted by atomic mass is 10.3. The Morgan fingerprint density at radius 1 is 1.54 bits per heavy atom. The first-order chi connectivity index (χ1) is 6.24. The summed E-state index contributed by atoms with van der Waals surface area (Å²) in [6, 6.07) is 5.42. The molecule has 2 heterocycles. The number of halogens is 1. The van der Waals surface area contributed by atoms with Crippen molar-refractivity contribution in [3.63, 3.8) is 0 Å². The van der Waals surface area contributed by atoms with Gasteiger partial charge in [0, 0.05) is 0 Å². The molecule has 0 aromatic carbocycles. The van der Waals surface area contributed by atoms with E-state index >= 15 is 0 Å². The largest absolute Gasteiger partial charge is 0.221 e. The van der Waals surface area contributed by atoms with Crippen LogP contribution in [0.25, 0.3) is 5.52 Å². The molecule has 0 amide bonds. The summed E-state index contributed by atoms with van der Waals surface area (Å²) in [6.07, 6.45) is 1.70. The molecule has 0 fully saturated rings. The molecular formula is C9H6ClN3. The van der Waals surface area contributed by atoms with Gasteiger partial charge in [0.2, 0.25) is 0 Å². The first kappa shape index (κ1) is 8.09. The molecule has 0 spiro atoms. The molecule has 0 radical (unpaired) electrons. The van der Waals surface area contributed by atoms with E-state index in [1.807, 2.05) is 6.92 Å². The molecule has 0 aliphatic heterocycles. The average molecular weight is 192 g/mol. The molecule has 0 unspecified atom stereocenters.